The molecule has 0 saturated heterocycles. The van der Waals surface area contributed by atoms with Crippen molar-refractivity contribution in [1.29, 1.82) is 0 Å². The molecule has 0 unspecified atom stereocenters. The van der Waals surface area contributed by atoms with Gasteiger partial charge in [0.15, 0.2) is 0 Å². The van der Waals surface area contributed by atoms with Crippen LogP contribution in [0, 0.1) is 0 Å². The van der Waals surface area contributed by atoms with Gasteiger partial charge >= 0.3 is 6.18 Å². The molecule has 0 fully saturated rings. The predicted octanol–water partition coefficient (Wildman–Crippen LogP) is 6.38. The van der Waals surface area contributed by atoms with E-state index >= 15 is 0 Å². The Balaban J connectivity index is 2.70. The van der Waals surface area contributed by atoms with Gasteiger partial charge in [0, 0.05) is 22.3 Å². The van der Waals surface area contributed by atoms with Gasteiger partial charge in [0.2, 0.25) is 0 Å². The third kappa shape index (κ3) is 3.14. The van der Waals surface area contributed by atoms with E-state index in [1.165, 1.54) is 12.1 Å². The third-order valence-electron chi connectivity index (χ3n) is 2.44. The number of nitrogens with zero attached hydrogens (tertiary/aromatic N) is 1. The molecule has 0 atom stereocenters. The van der Waals surface area contributed by atoms with E-state index in [1.807, 2.05) is 0 Å². The third-order valence-corrected chi connectivity index (χ3v) is 3.56. The van der Waals surface area contributed by atoms with Gasteiger partial charge in [-0.05, 0) is 18.2 Å². The van der Waals surface area contributed by atoms with E-state index in [-0.39, 0.29) is 31.3 Å². The van der Waals surface area contributed by atoms with Crippen molar-refractivity contribution in [3.63, 3.8) is 0 Å². The minimum atomic E-state index is -4.54. The molecule has 2 rings (SSSR count). The van der Waals surface area contributed by atoms with Crippen LogP contribution in [-0.4, -0.2) is 4.98 Å². The van der Waals surface area contributed by atoms with E-state index in [9.17, 15) is 13.2 Å². The van der Waals surface area contributed by atoms with E-state index < -0.39 is 11.7 Å². The highest BCUT2D eigenvalue weighted by atomic mass is 35.5. The van der Waals surface area contributed by atoms with E-state index in [2.05, 4.69) is 4.98 Å². The largest absolute Gasteiger partial charge is 0.417 e. The first-order chi connectivity index (χ1) is 9.20. The Hall–Kier alpha value is -0.680. The van der Waals surface area contributed by atoms with Crippen molar-refractivity contribution in [3.05, 3.63) is 50.2 Å². The van der Waals surface area contributed by atoms with Crippen molar-refractivity contribution >= 4 is 46.4 Å². The molecule has 0 aliphatic carbocycles. The fourth-order valence-corrected chi connectivity index (χ4v) is 2.80. The monoisotopic (exact) mass is 359 g/mol. The summed E-state index contributed by atoms with van der Waals surface area (Å²) in [5.74, 6) is 0. The topological polar surface area (TPSA) is 12.9 Å². The smallest absolute Gasteiger partial charge is 0.243 e. The summed E-state index contributed by atoms with van der Waals surface area (Å²) in [5.41, 5.74) is -0.798. The minimum absolute atomic E-state index is 0.00633. The van der Waals surface area contributed by atoms with Gasteiger partial charge in [-0.15, -0.1) is 0 Å². The second kappa shape index (κ2) is 5.60. The second-order valence-electron chi connectivity index (χ2n) is 3.80. The average molecular weight is 361 g/mol. The number of aromatic nitrogens is 1. The van der Waals surface area contributed by atoms with Gasteiger partial charge in [0.1, 0.15) is 5.15 Å². The molecule has 0 amide bonds. The predicted molar refractivity (Wildman–Crippen MR) is 74.7 cm³/mol. The summed E-state index contributed by atoms with van der Waals surface area (Å²) < 4.78 is 38.1. The van der Waals surface area contributed by atoms with Crippen LogP contribution in [0.2, 0.25) is 20.2 Å². The number of alkyl halides is 3. The molecule has 0 bridgehead atoms. The van der Waals surface area contributed by atoms with Crippen molar-refractivity contribution < 1.29 is 13.2 Å². The Morgan fingerprint density at radius 2 is 1.45 bits per heavy atom. The average Bonchev–Trinajstić information content (AvgIpc) is 2.28. The number of rotatable bonds is 1. The molecule has 0 saturated carbocycles. The lowest BCUT2D eigenvalue weighted by molar-refractivity contribution is -0.137. The minimum Gasteiger partial charge on any atom is -0.243 e. The highest BCUT2D eigenvalue weighted by molar-refractivity contribution is 6.43. The molecular weight excluding hydrogens is 357 g/mol. The lowest BCUT2D eigenvalue weighted by Gasteiger charge is -2.12. The summed E-state index contributed by atoms with van der Waals surface area (Å²) in [7, 11) is 0. The zero-order valence-corrected chi connectivity index (χ0v) is 12.4. The lowest BCUT2D eigenvalue weighted by Crippen LogP contribution is -2.06. The van der Waals surface area contributed by atoms with Crippen molar-refractivity contribution in [2.24, 2.45) is 0 Å². The Kier molecular flexibility index (Phi) is 4.40. The van der Waals surface area contributed by atoms with Crippen LogP contribution in [-0.2, 0) is 6.18 Å². The second-order valence-corrected chi connectivity index (χ2v) is 5.41. The van der Waals surface area contributed by atoms with Crippen LogP contribution >= 0.6 is 46.4 Å². The Labute approximate surface area is 132 Å². The molecule has 8 heteroatoms. The first-order valence-corrected chi connectivity index (χ1v) is 6.59. The molecule has 1 nitrogen and oxygen atoms in total. The maximum atomic E-state index is 12.7. The zero-order chi connectivity index (χ0) is 15.1. The van der Waals surface area contributed by atoms with E-state index in [4.69, 9.17) is 46.4 Å². The number of halogens is 7. The molecule has 0 radical (unpaired) electrons. The molecule has 1 aromatic carbocycles. The van der Waals surface area contributed by atoms with E-state index in [0.29, 0.717) is 6.20 Å². The van der Waals surface area contributed by atoms with Crippen LogP contribution in [0.4, 0.5) is 13.2 Å². The molecule has 106 valence electrons. The van der Waals surface area contributed by atoms with Gasteiger partial charge in [-0.3, -0.25) is 0 Å². The fraction of sp³-hybridized carbons (Fsp3) is 0.0833. The summed E-state index contributed by atoms with van der Waals surface area (Å²) in [6.45, 7) is 0. The number of benzene rings is 1. The molecule has 0 aliphatic rings. The number of pyridine rings is 1. The van der Waals surface area contributed by atoms with E-state index in [1.54, 1.807) is 0 Å². The molecule has 2 aromatic rings. The Morgan fingerprint density at radius 3 is 1.95 bits per heavy atom. The van der Waals surface area contributed by atoms with Gasteiger partial charge in [0.05, 0.1) is 15.6 Å². The van der Waals surface area contributed by atoms with Crippen molar-refractivity contribution in [3.8, 4) is 11.1 Å². The molecule has 20 heavy (non-hydrogen) atoms. The molecule has 0 N–H and O–H groups in total. The first-order valence-electron chi connectivity index (χ1n) is 5.08. The Morgan fingerprint density at radius 1 is 0.900 bits per heavy atom. The van der Waals surface area contributed by atoms with Crippen LogP contribution in [0.3, 0.4) is 0 Å². The SMILES string of the molecule is FC(F)(F)c1cnc(Cl)c(-c2c(Cl)cc(Cl)cc2Cl)c1. The van der Waals surface area contributed by atoms with Gasteiger partial charge in [0.25, 0.3) is 0 Å². The molecule has 1 aromatic heterocycles. The standard InChI is InChI=1S/C12H4Cl4F3N/c13-6-2-8(14)10(9(15)3-6)7-1-5(12(17,18)19)4-20-11(7)16/h1-4H. The summed E-state index contributed by atoms with van der Waals surface area (Å²) in [5, 5.41) is 0.306. The summed E-state index contributed by atoms with van der Waals surface area (Å²) in [6.07, 6.45) is -3.90. The van der Waals surface area contributed by atoms with Gasteiger partial charge < -0.3 is 0 Å². The Bertz CT molecular complexity index is 647. The number of hydrogen-bond donors (Lipinski definition) is 0. The van der Waals surface area contributed by atoms with Gasteiger partial charge in [-0.2, -0.15) is 13.2 Å². The maximum absolute atomic E-state index is 12.7. The lowest BCUT2D eigenvalue weighted by atomic mass is 10.1. The van der Waals surface area contributed by atoms with E-state index in [0.717, 1.165) is 6.07 Å². The van der Waals surface area contributed by atoms with Crippen molar-refractivity contribution in [2.75, 3.05) is 0 Å². The van der Waals surface area contributed by atoms with Gasteiger partial charge in [-0.25, -0.2) is 4.98 Å². The van der Waals surface area contributed by atoms with Crippen LogP contribution in [0.1, 0.15) is 5.56 Å². The molecule has 1 heterocycles. The van der Waals surface area contributed by atoms with Crippen LogP contribution < -0.4 is 0 Å². The molecule has 0 spiro atoms. The van der Waals surface area contributed by atoms with Crippen LogP contribution in [0.5, 0.6) is 0 Å². The summed E-state index contributed by atoms with van der Waals surface area (Å²) >= 11 is 23.5. The van der Waals surface area contributed by atoms with Crippen LogP contribution in [0.25, 0.3) is 11.1 Å². The summed E-state index contributed by atoms with van der Waals surface area (Å²) in [6, 6.07) is 3.57. The highest BCUT2D eigenvalue weighted by Crippen LogP contribution is 2.41. The number of hydrogen-bond acceptors (Lipinski definition) is 1. The molecular formula is C12H4Cl4F3N. The van der Waals surface area contributed by atoms with Crippen molar-refractivity contribution in [2.45, 2.75) is 6.18 Å². The van der Waals surface area contributed by atoms with Crippen LogP contribution in [0.15, 0.2) is 24.4 Å². The molecule has 0 aliphatic heterocycles. The van der Waals surface area contributed by atoms with Gasteiger partial charge in [-0.1, -0.05) is 46.4 Å². The zero-order valence-electron chi connectivity index (χ0n) is 9.40. The normalized spacial score (nSPS) is 11.8. The highest BCUT2D eigenvalue weighted by Gasteiger charge is 2.32. The quantitative estimate of drug-likeness (QED) is 0.537. The fourth-order valence-electron chi connectivity index (χ4n) is 1.58. The maximum Gasteiger partial charge on any atom is 0.417 e. The summed E-state index contributed by atoms with van der Waals surface area (Å²) in [4.78, 5) is 3.52. The van der Waals surface area contributed by atoms with Crippen molar-refractivity contribution in [1.82, 2.24) is 4.98 Å². The first kappa shape index (κ1) is 15.7.